The maximum absolute atomic E-state index is 13.9. The highest BCUT2D eigenvalue weighted by Crippen LogP contribution is 2.52. The van der Waals surface area contributed by atoms with E-state index in [-0.39, 0.29) is 18.9 Å². The first-order chi connectivity index (χ1) is 16.3. The number of thiazole rings is 1. The molecule has 1 aromatic carbocycles. The van der Waals surface area contributed by atoms with Crippen LogP contribution in [0.1, 0.15) is 62.8 Å². The Bertz CT molecular complexity index is 1160. The van der Waals surface area contributed by atoms with Crippen LogP contribution in [0.4, 0.5) is 39.5 Å². The fraction of sp³-hybridized carbons (Fsp3) is 0.450. The second-order valence-corrected chi connectivity index (χ2v) is 8.86. The van der Waals surface area contributed by atoms with Crippen LogP contribution in [0.3, 0.4) is 0 Å². The van der Waals surface area contributed by atoms with Crippen molar-refractivity contribution < 1.29 is 59.3 Å². The number of likely N-dealkylation sites (tertiary alicyclic amines) is 1. The minimum absolute atomic E-state index is 0.0859. The highest BCUT2D eigenvalue weighted by Gasteiger charge is 2.71. The Labute approximate surface area is 200 Å². The molecular formula is C20H15F9N2O4S. The first-order valence-electron chi connectivity index (χ1n) is 9.89. The Morgan fingerprint density at radius 1 is 1.03 bits per heavy atom. The number of carbonyl (C=O) groups is 2. The highest BCUT2D eigenvalue weighted by atomic mass is 32.1. The standard InChI is InChI=1S/C20H15F9N2O4S/c1-8-2-5-13(31(8)15(32)12-7-36-14(30-12)16(33)34)10-4-3-9(6-11(10)18(21,22)23)17(35,19(24,25)26)20(27,28)29/h3-4,6-8,13,35H,2,5H2,1H3,(H,33,34). The molecule has 36 heavy (non-hydrogen) atoms. The van der Waals surface area contributed by atoms with E-state index in [0.29, 0.717) is 17.4 Å². The molecule has 0 aliphatic carbocycles. The molecule has 16 heteroatoms. The van der Waals surface area contributed by atoms with Crippen LogP contribution in [0.2, 0.25) is 0 Å². The van der Waals surface area contributed by atoms with Gasteiger partial charge in [-0.15, -0.1) is 11.3 Å². The third-order valence-electron chi connectivity index (χ3n) is 5.77. The second-order valence-electron chi connectivity index (χ2n) is 8.00. The number of carboxylic acid groups (broad SMARTS) is 1. The van der Waals surface area contributed by atoms with Crippen LogP contribution >= 0.6 is 11.3 Å². The Balaban J connectivity index is 2.15. The lowest BCUT2D eigenvalue weighted by Crippen LogP contribution is -2.54. The van der Waals surface area contributed by atoms with E-state index < -0.39 is 81.5 Å². The van der Waals surface area contributed by atoms with Crippen LogP contribution in [0.15, 0.2) is 23.6 Å². The quantitative estimate of drug-likeness (QED) is 0.489. The van der Waals surface area contributed by atoms with Gasteiger partial charge in [-0.05, 0) is 31.4 Å². The Morgan fingerprint density at radius 3 is 2.08 bits per heavy atom. The molecule has 0 radical (unpaired) electrons. The second kappa shape index (κ2) is 8.90. The maximum Gasteiger partial charge on any atom is 0.430 e. The van der Waals surface area contributed by atoms with Crippen molar-refractivity contribution in [2.24, 2.45) is 0 Å². The number of aromatic carboxylic acids is 1. The van der Waals surface area contributed by atoms with Gasteiger partial charge in [-0.3, -0.25) is 4.79 Å². The number of aromatic nitrogens is 1. The van der Waals surface area contributed by atoms with Crippen LogP contribution in [0, 0.1) is 0 Å². The summed E-state index contributed by atoms with van der Waals surface area (Å²) in [5, 5.41) is 19.1. The molecule has 1 aromatic heterocycles. The molecule has 1 aliphatic heterocycles. The molecule has 2 aromatic rings. The van der Waals surface area contributed by atoms with Gasteiger partial charge in [0.05, 0.1) is 11.6 Å². The van der Waals surface area contributed by atoms with E-state index in [9.17, 15) is 54.2 Å². The lowest BCUT2D eigenvalue weighted by Gasteiger charge is -2.34. The van der Waals surface area contributed by atoms with Gasteiger partial charge in [0, 0.05) is 17.0 Å². The Hall–Kier alpha value is -2.88. The van der Waals surface area contributed by atoms with E-state index in [0.717, 1.165) is 10.3 Å². The van der Waals surface area contributed by atoms with Crippen molar-refractivity contribution in [1.29, 1.82) is 0 Å². The van der Waals surface area contributed by atoms with E-state index >= 15 is 0 Å². The average Bonchev–Trinajstić information content (AvgIpc) is 3.37. The van der Waals surface area contributed by atoms with E-state index in [4.69, 9.17) is 5.11 Å². The molecule has 2 heterocycles. The third-order valence-corrected chi connectivity index (χ3v) is 6.60. The molecule has 3 rings (SSSR count). The SMILES string of the molecule is CC1CCC(c2ccc(C(O)(C(F)(F)F)C(F)(F)F)cc2C(F)(F)F)N1C(=O)c1csc(C(=O)O)n1. The molecular weight excluding hydrogens is 535 g/mol. The van der Waals surface area contributed by atoms with Gasteiger partial charge in [-0.1, -0.05) is 12.1 Å². The molecule has 1 fully saturated rings. The average molecular weight is 550 g/mol. The Morgan fingerprint density at radius 2 is 1.61 bits per heavy atom. The van der Waals surface area contributed by atoms with Crippen LogP contribution < -0.4 is 0 Å². The van der Waals surface area contributed by atoms with Gasteiger partial charge >= 0.3 is 24.5 Å². The Kier molecular flexibility index (Phi) is 6.85. The minimum Gasteiger partial charge on any atom is -0.476 e. The first kappa shape index (κ1) is 27.7. The largest absolute Gasteiger partial charge is 0.476 e. The summed E-state index contributed by atoms with van der Waals surface area (Å²) in [4.78, 5) is 28.6. The lowest BCUT2D eigenvalue weighted by molar-refractivity contribution is -0.376. The molecule has 0 bridgehead atoms. The summed E-state index contributed by atoms with van der Waals surface area (Å²) in [5.74, 6) is -2.42. The third kappa shape index (κ3) is 4.63. The van der Waals surface area contributed by atoms with E-state index in [1.54, 1.807) is 0 Å². The van der Waals surface area contributed by atoms with Gasteiger partial charge in [0.1, 0.15) is 5.69 Å². The van der Waals surface area contributed by atoms with E-state index in [1.807, 2.05) is 0 Å². The number of amides is 1. The molecule has 0 spiro atoms. The van der Waals surface area contributed by atoms with Gasteiger partial charge < -0.3 is 15.1 Å². The van der Waals surface area contributed by atoms with Crippen molar-refractivity contribution in [2.75, 3.05) is 0 Å². The summed E-state index contributed by atoms with van der Waals surface area (Å²) in [6.45, 7) is 1.45. The summed E-state index contributed by atoms with van der Waals surface area (Å²) in [6.07, 6.45) is -18.3. The first-order valence-corrected chi connectivity index (χ1v) is 10.8. The van der Waals surface area contributed by atoms with Crippen molar-refractivity contribution in [3.8, 4) is 0 Å². The zero-order chi connectivity index (χ0) is 27.4. The molecule has 2 N–H and O–H groups in total. The predicted octanol–water partition coefficient (Wildman–Crippen LogP) is 5.54. The molecule has 2 atom stereocenters. The van der Waals surface area contributed by atoms with Crippen LogP contribution in [0.25, 0.3) is 0 Å². The number of carboxylic acids is 1. The van der Waals surface area contributed by atoms with Crippen LogP contribution in [-0.4, -0.2) is 50.4 Å². The molecule has 198 valence electrons. The van der Waals surface area contributed by atoms with Crippen molar-refractivity contribution in [3.05, 3.63) is 51.0 Å². The van der Waals surface area contributed by atoms with Crippen LogP contribution in [0.5, 0.6) is 0 Å². The number of hydrogen-bond acceptors (Lipinski definition) is 5. The topological polar surface area (TPSA) is 90.7 Å². The number of aliphatic hydroxyl groups is 1. The van der Waals surface area contributed by atoms with Crippen molar-refractivity contribution in [1.82, 2.24) is 9.88 Å². The fourth-order valence-electron chi connectivity index (χ4n) is 4.04. The van der Waals surface area contributed by atoms with E-state index in [2.05, 4.69) is 4.98 Å². The normalized spacial score (nSPS) is 19.6. The molecule has 0 saturated carbocycles. The van der Waals surface area contributed by atoms with Gasteiger partial charge in [0.25, 0.3) is 11.5 Å². The smallest absolute Gasteiger partial charge is 0.430 e. The maximum atomic E-state index is 13.9. The van der Waals surface area contributed by atoms with Gasteiger partial charge in [-0.2, -0.15) is 39.5 Å². The molecule has 6 nitrogen and oxygen atoms in total. The van der Waals surface area contributed by atoms with E-state index in [1.165, 1.54) is 6.92 Å². The monoisotopic (exact) mass is 550 g/mol. The number of carbonyl (C=O) groups excluding carboxylic acids is 1. The molecule has 1 aliphatic rings. The number of rotatable bonds is 4. The van der Waals surface area contributed by atoms with Crippen LogP contribution in [-0.2, 0) is 11.8 Å². The molecule has 1 saturated heterocycles. The minimum atomic E-state index is -6.40. The predicted molar refractivity (Wildman–Crippen MR) is 104 cm³/mol. The number of hydrogen-bond donors (Lipinski definition) is 2. The molecule has 1 amide bonds. The van der Waals surface area contributed by atoms with Crippen molar-refractivity contribution >= 4 is 23.2 Å². The number of halogens is 9. The summed E-state index contributed by atoms with van der Waals surface area (Å²) < 4.78 is 121. The zero-order valence-electron chi connectivity index (χ0n) is 17.8. The summed E-state index contributed by atoms with van der Waals surface area (Å²) >= 11 is 0.581. The number of nitrogens with zero attached hydrogens (tertiary/aromatic N) is 2. The lowest BCUT2D eigenvalue weighted by atomic mass is 9.87. The van der Waals surface area contributed by atoms with Crippen molar-refractivity contribution in [3.63, 3.8) is 0 Å². The summed E-state index contributed by atoms with van der Waals surface area (Å²) in [6, 6.07) is -2.12. The van der Waals surface area contributed by atoms with Gasteiger partial charge in [0.15, 0.2) is 0 Å². The number of benzene rings is 1. The molecule has 2 unspecified atom stereocenters. The number of alkyl halides is 9. The van der Waals surface area contributed by atoms with Crippen molar-refractivity contribution in [2.45, 2.75) is 56.0 Å². The zero-order valence-corrected chi connectivity index (χ0v) is 18.6. The summed E-state index contributed by atoms with van der Waals surface area (Å²) in [5.41, 5.74) is -10.7. The highest BCUT2D eigenvalue weighted by molar-refractivity contribution is 7.11. The van der Waals surface area contributed by atoms with Gasteiger partial charge in [-0.25, -0.2) is 9.78 Å². The summed E-state index contributed by atoms with van der Waals surface area (Å²) in [7, 11) is 0. The van der Waals surface area contributed by atoms with Gasteiger partial charge in [0.2, 0.25) is 5.01 Å². The fourth-order valence-corrected chi connectivity index (χ4v) is 4.67.